The Morgan fingerprint density at radius 1 is 1.14 bits per heavy atom. The number of likely N-dealkylation sites (tertiary alicyclic amines) is 1. The van der Waals surface area contributed by atoms with Crippen LogP contribution in [0.3, 0.4) is 0 Å². The molecule has 1 aromatic carbocycles. The summed E-state index contributed by atoms with van der Waals surface area (Å²) in [7, 11) is -1.18. The molecule has 3 rings (SSSR count). The van der Waals surface area contributed by atoms with Crippen LogP contribution in [0.4, 0.5) is 0 Å². The number of piperidine rings is 1. The highest BCUT2D eigenvalue weighted by Gasteiger charge is 2.28. The van der Waals surface area contributed by atoms with Crippen LogP contribution in [-0.4, -0.2) is 57.0 Å². The fraction of sp³-hybridized carbons (Fsp3) is 0.667. The maximum atomic E-state index is 11.6. The first-order chi connectivity index (χ1) is 13.3. The monoisotopic (exact) mass is 534 g/mol. The summed E-state index contributed by atoms with van der Waals surface area (Å²) in [4.78, 5) is 6.78. The summed E-state index contributed by atoms with van der Waals surface area (Å²) < 4.78 is 23.2. The van der Waals surface area contributed by atoms with Crippen LogP contribution in [0.25, 0.3) is 0 Å². The molecule has 0 aromatic heterocycles. The maximum Gasteiger partial charge on any atom is 0.191 e. The summed E-state index contributed by atoms with van der Waals surface area (Å²) in [5.74, 6) is 2.67. The minimum Gasteiger partial charge on any atom is -0.353 e. The molecule has 6 nitrogen and oxygen atoms in total. The van der Waals surface area contributed by atoms with Gasteiger partial charge in [0.2, 0.25) is 0 Å². The highest BCUT2D eigenvalue weighted by molar-refractivity contribution is 14.0. The third kappa shape index (κ3) is 7.71. The lowest BCUT2D eigenvalue weighted by molar-refractivity contribution is 0.134. The van der Waals surface area contributed by atoms with Crippen LogP contribution in [0.1, 0.15) is 37.8 Å². The zero-order valence-electron chi connectivity index (χ0n) is 17.7. The van der Waals surface area contributed by atoms with Crippen molar-refractivity contribution >= 4 is 39.8 Å². The van der Waals surface area contributed by atoms with Gasteiger partial charge >= 0.3 is 0 Å². The molecule has 1 aromatic rings. The summed E-state index contributed by atoms with van der Waals surface area (Å²) in [6.45, 7) is 8.75. The van der Waals surface area contributed by atoms with Crippen molar-refractivity contribution in [1.82, 2.24) is 15.5 Å². The first-order valence-corrected chi connectivity index (χ1v) is 12.1. The topological polar surface area (TPSA) is 73.8 Å². The summed E-state index contributed by atoms with van der Waals surface area (Å²) >= 11 is 0. The van der Waals surface area contributed by atoms with Gasteiger partial charge in [-0.05, 0) is 35.8 Å². The number of guanidine groups is 1. The van der Waals surface area contributed by atoms with Crippen LogP contribution in [-0.2, 0) is 22.9 Å². The van der Waals surface area contributed by atoms with Crippen molar-refractivity contribution in [2.75, 3.05) is 31.6 Å². The molecule has 2 aliphatic heterocycles. The molecule has 0 bridgehead atoms. The third-order valence-electron chi connectivity index (χ3n) is 5.63. The summed E-state index contributed by atoms with van der Waals surface area (Å²) in [5.41, 5.74) is 2.54. The first kappa shape index (κ1) is 24.4. The maximum absolute atomic E-state index is 11.6. The smallest absolute Gasteiger partial charge is 0.191 e. The lowest BCUT2D eigenvalue weighted by atomic mass is 9.91. The third-order valence-corrected chi connectivity index (χ3v) is 7.40. The summed E-state index contributed by atoms with van der Waals surface area (Å²) in [6, 6.07) is 8.69. The molecule has 8 heteroatoms. The highest BCUT2D eigenvalue weighted by atomic mass is 127. The minimum absolute atomic E-state index is 0. The van der Waals surface area contributed by atoms with E-state index in [0.717, 1.165) is 18.4 Å². The number of sulfone groups is 1. The zero-order valence-corrected chi connectivity index (χ0v) is 20.9. The van der Waals surface area contributed by atoms with E-state index >= 15 is 0 Å². The van der Waals surface area contributed by atoms with Crippen molar-refractivity contribution in [2.45, 2.75) is 45.8 Å². The van der Waals surface area contributed by atoms with Crippen molar-refractivity contribution in [3.63, 3.8) is 0 Å². The largest absolute Gasteiger partial charge is 0.353 e. The van der Waals surface area contributed by atoms with Gasteiger partial charge in [-0.15, -0.1) is 24.0 Å². The van der Waals surface area contributed by atoms with Gasteiger partial charge < -0.3 is 10.6 Å². The molecular weight excluding hydrogens is 499 g/mol. The molecule has 2 N–H and O–H groups in total. The number of hydrogen-bond acceptors (Lipinski definition) is 4. The van der Waals surface area contributed by atoms with Crippen LogP contribution < -0.4 is 10.6 Å². The van der Waals surface area contributed by atoms with E-state index in [4.69, 9.17) is 0 Å². The Balaban J connectivity index is 0.00000300. The van der Waals surface area contributed by atoms with Gasteiger partial charge in [0.15, 0.2) is 15.8 Å². The average Bonchev–Trinajstić information content (AvgIpc) is 2.97. The summed E-state index contributed by atoms with van der Waals surface area (Å²) in [6.07, 6.45) is 1.98. The number of benzene rings is 1. The van der Waals surface area contributed by atoms with Crippen molar-refractivity contribution < 1.29 is 8.42 Å². The fourth-order valence-electron chi connectivity index (χ4n) is 4.42. The van der Waals surface area contributed by atoms with E-state index in [1.807, 2.05) is 0 Å². The van der Waals surface area contributed by atoms with Gasteiger partial charge in [0.25, 0.3) is 0 Å². The highest BCUT2D eigenvalue weighted by Crippen LogP contribution is 2.22. The van der Waals surface area contributed by atoms with E-state index in [2.05, 4.69) is 58.6 Å². The predicted octanol–water partition coefficient (Wildman–Crippen LogP) is 2.63. The number of halogens is 1. The molecule has 2 fully saturated rings. The summed E-state index contributed by atoms with van der Waals surface area (Å²) in [5, 5.41) is 6.50. The van der Waals surface area contributed by atoms with Crippen molar-refractivity contribution in [2.24, 2.45) is 16.8 Å². The van der Waals surface area contributed by atoms with Gasteiger partial charge in [-0.2, -0.15) is 0 Å². The fourth-order valence-corrected chi connectivity index (χ4v) is 6.10. The molecule has 0 amide bonds. The minimum atomic E-state index is -2.89. The van der Waals surface area contributed by atoms with E-state index in [1.165, 1.54) is 30.6 Å². The molecular formula is C21H35IN4O2S. The van der Waals surface area contributed by atoms with Gasteiger partial charge in [0.05, 0.1) is 11.5 Å². The molecule has 2 saturated heterocycles. The second-order valence-electron chi connectivity index (χ2n) is 8.63. The van der Waals surface area contributed by atoms with Gasteiger partial charge in [-0.3, -0.25) is 9.89 Å². The second kappa shape index (κ2) is 10.9. The molecule has 0 aliphatic carbocycles. The Morgan fingerprint density at radius 2 is 1.76 bits per heavy atom. The van der Waals surface area contributed by atoms with Gasteiger partial charge in [0.1, 0.15) is 0 Å². The molecule has 29 heavy (non-hydrogen) atoms. The molecule has 0 radical (unpaired) electrons. The van der Waals surface area contributed by atoms with Gasteiger partial charge in [-0.1, -0.05) is 38.1 Å². The number of nitrogens with one attached hydrogen (secondary N) is 2. The lowest BCUT2D eigenvalue weighted by Crippen LogP contribution is -2.43. The van der Waals surface area contributed by atoms with Crippen LogP contribution in [0.5, 0.6) is 0 Å². The Hall–Kier alpha value is -0.870. The van der Waals surface area contributed by atoms with Crippen LogP contribution >= 0.6 is 24.0 Å². The van der Waals surface area contributed by atoms with E-state index in [1.54, 1.807) is 7.05 Å². The molecule has 3 unspecified atom stereocenters. The number of aliphatic imine (C=N–C) groups is 1. The van der Waals surface area contributed by atoms with Crippen molar-refractivity contribution in [3.05, 3.63) is 35.4 Å². The van der Waals surface area contributed by atoms with Crippen LogP contribution in [0.2, 0.25) is 0 Å². The van der Waals surface area contributed by atoms with E-state index in [9.17, 15) is 8.42 Å². The number of nitrogens with zero attached hydrogens (tertiary/aromatic N) is 2. The Kier molecular flexibility index (Phi) is 9.21. The normalized spacial score (nSPS) is 27.3. The Morgan fingerprint density at radius 3 is 2.31 bits per heavy atom. The Labute approximate surface area is 192 Å². The SMILES string of the molecule is CN=C(NCc1ccc(CN2CC(C)CC(C)C2)cc1)NC1CCS(=O)(=O)C1.I. The van der Waals surface area contributed by atoms with Crippen molar-refractivity contribution in [3.8, 4) is 0 Å². The Bertz CT molecular complexity index is 772. The predicted molar refractivity (Wildman–Crippen MR) is 130 cm³/mol. The van der Waals surface area contributed by atoms with Crippen LogP contribution in [0.15, 0.2) is 29.3 Å². The lowest BCUT2D eigenvalue weighted by Gasteiger charge is -2.35. The second-order valence-corrected chi connectivity index (χ2v) is 10.9. The molecule has 3 atom stereocenters. The van der Waals surface area contributed by atoms with Crippen LogP contribution in [0, 0.1) is 11.8 Å². The molecule has 0 spiro atoms. The van der Waals surface area contributed by atoms with Gasteiger partial charge in [-0.25, -0.2) is 8.42 Å². The molecule has 2 aliphatic rings. The van der Waals surface area contributed by atoms with E-state index in [-0.39, 0.29) is 41.5 Å². The zero-order chi connectivity index (χ0) is 20.1. The molecule has 0 saturated carbocycles. The molecule has 164 valence electrons. The van der Waals surface area contributed by atoms with E-state index < -0.39 is 9.84 Å². The van der Waals surface area contributed by atoms with Crippen molar-refractivity contribution in [1.29, 1.82) is 0 Å². The number of rotatable bonds is 5. The standard InChI is InChI=1S/C21H34N4O2S.HI/c1-16-10-17(2)13-25(12-16)14-19-6-4-18(5-7-19)11-23-21(22-3)24-20-8-9-28(26,27)15-20;/h4-7,16-17,20H,8-15H2,1-3H3,(H2,22,23,24);1H. The van der Waals surface area contributed by atoms with E-state index in [0.29, 0.717) is 18.9 Å². The number of hydrogen-bond donors (Lipinski definition) is 2. The first-order valence-electron chi connectivity index (χ1n) is 10.3. The average molecular weight is 535 g/mol. The quantitative estimate of drug-likeness (QED) is 0.345. The van der Waals surface area contributed by atoms with Gasteiger partial charge in [0, 0.05) is 39.3 Å². The molecule has 2 heterocycles.